The minimum absolute atomic E-state index is 0. The second kappa shape index (κ2) is 6.49. The van der Waals surface area contributed by atoms with Crippen molar-refractivity contribution in [3.8, 4) is 0 Å². The van der Waals surface area contributed by atoms with E-state index in [1.807, 2.05) is 43.3 Å². The van der Waals surface area contributed by atoms with E-state index in [4.69, 9.17) is 11.6 Å². The zero-order valence-corrected chi connectivity index (χ0v) is 13.4. The Labute approximate surface area is 123 Å². The van der Waals surface area contributed by atoms with Gasteiger partial charge in [0.25, 0.3) is 0 Å². The van der Waals surface area contributed by atoms with Crippen LogP contribution in [0.25, 0.3) is 0 Å². The summed E-state index contributed by atoms with van der Waals surface area (Å²) < 4.78 is 0. The van der Waals surface area contributed by atoms with Gasteiger partial charge in [-0.3, -0.25) is 0 Å². The zero-order valence-electron chi connectivity index (χ0n) is 9.25. The average Bonchev–Trinajstić information content (AvgIpc) is 2.66. The molecule has 0 atom stereocenters. The smallest absolute Gasteiger partial charge is 0.222 e. The number of halogens is 2. The van der Waals surface area contributed by atoms with E-state index >= 15 is 0 Å². The number of benzene rings is 1. The van der Waals surface area contributed by atoms with Crippen molar-refractivity contribution in [1.29, 1.82) is 0 Å². The molecule has 0 saturated carbocycles. The summed E-state index contributed by atoms with van der Waals surface area (Å²) in [5.74, 6) is 0. The maximum Gasteiger partial charge on any atom is 0.222 e. The monoisotopic (exact) mass is 351 g/mol. The van der Waals surface area contributed by atoms with E-state index in [9.17, 15) is 0 Å². The van der Waals surface area contributed by atoms with Crippen molar-refractivity contribution in [2.45, 2.75) is 0 Å². The van der Waals surface area contributed by atoms with Gasteiger partial charge in [-0.1, -0.05) is 17.7 Å². The fraction of sp³-hybridized carbons (Fsp3) is 0.200. The summed E-state index contributed by atoms with van der Waals surface area (Å²) in [6.45, 7) is 0. The van der Waals surface area contributed by atoms with Crippen LogP contribution in [0.4, 0.5) is 10.8 Å². The summed E-state index contributed by atoms with van der Waals surface area (Å²) in [6, 6.07) is 7.44. The molecule has 0 aliphatic rings. The summed E-state index contributed by atoms with van der Waals surface area (Å²) in [6.07, 6.45) is 0. The molecular formula is C10H11BrClN3S2. The molecular weight excluding hydrogens is 342 g/mol. The van der Waals surface area contributed by atoms with Crippen LogP contribution in [0.2, 0.25) is 5.02 Å². The first-order valence-corrected chi connectivity index (χ1v) is 7.13. The van der Waals surface area contributed by atoms with Gasteiger partial charge in [-0.05, 0) is 38.9 Å². The molecule has 0 radical (unpaired) electrons. The second-order valence-corrected chi connectivity index (χ2v) is 5.83. The Balaban J connectivity index is 0.00000144. The highest BCUT2D eigenvalue weighted by Gasteiger charge is 2.00. The fourth-order valence-corrected chi connectivity index (χ4v) is 3.23. The van der Waals surface area contributed by atoms with Crippen molar-refractivity contribution in [2.75, 3.05) is 19.0 Å². The van der Waals surface area contributed by atoms with Crippen molar-refractivity contribution < 1.29 is 0 Å². The van der Waals surface area contributed by atoms with E-state index in [1.165, 1.54) is 0 Å². The molecule has 17 heavy (non-hydrogen) atoms. The third-order valence-corrected chi connectivity index (χ3v) is 4.20. The second-order valence-electron chi connectivity index (χ2n) is 3.33. The highest BCUT2D eigenvalue weighted by atomic mass is 79.9. The first-order valence-electron chi connectivity index (χ1n) is 4.60. The third-order valence-electron chi connectivity index (χ3n) is 1.80. The highest BCUT2D eigenvalue weighted by molar-refractivity contribution is 8.93. The summed E-state index contributed by atoms with van der Waals surface area (Å²) in [4.78, 5) is 11.5. The van der Waals surface area contributed by atoms with Gasteiger partial charge in [-0.25, -0.2) is 4.99 Å². The quantitative estimate of drug-likeness (QED) is 0.770. The van der Waals surface area contributed by atoms with Crippen LogP contribution in [0.1, 0.15) is 0 Å². The summed E-state index contributed by atoms with van der Waals surface area (Å²) in [5.41, 5.74) is 0.833. The number of anilines is 1. The lowest BCUT2D eigenvalue weighted by molar-refractivity contribution is 1.08. The first kappa shape index (κ1) is 14.6. The Morgan fingerprint density at radius 1 is 1.29 bits per heavy atom. The molecule has 92 valence electrons. The summed E-state index contributed by atoms with van der Waals surface area (Å²) in [5, 5.41) is 1.65. The molecule has 0 fully saturated rings. The average molecular weight is 353 g/mol. The largest absolute Gasteiger partial charge is 0.353 e. The van der Waals surface area contributed by atoms with E-state index in [1.54, 1.807) is 20.7 Å². The lowest BCUT2D eigenvalue weighted by atomic mass is 10.3. The van der Waals surface area contributed by atoms with Gasteiger partial charge in [0.1, 0.15) is 0 Å². The van der Waals surface area contributed by atoms with E-state index in [0.717, 1.165) is 15.6 Å². The molecule has 0 unspecified atom stereocenters. The molecule has 0 saturated heterocycles. The molecule has 3 nitrogen and oxygen atoms in total. The Morgan fingerprint density at radius 2 is 2.06 bits per heavy atom. The molecule has 0 amide bonds. The van der Waals surface area contributed by atoms with Crippen LogP contribution < -0.4 is 9.70 Å². The number of rotatable bonds is 2. The number of hydrogen-bond acceptors (Lipinski definition) is 5. The van der Waals surface area contributed by atoms with Crippen LogP contribution in [-0.2, 0) is 0 Å². The van der Waals surface area contributed by atoms with Gasteiger partial charge in [0.05, 0.1) is 5.69 Å². The van der Waals surface area contributed by atoms with Crippen molar-refractivity contribution in [1.82, 2.24) is 4.98 Å². The van der Waals surface area contributed by atoms with E-state index in [-0.39, 0.29) is 17.0 Å². The maximum atomic E-state index is 5.88. The first-order chi connectivity index (χ1) is 7.65. The van der Waals surface area contributed by atoms with Crippen LogP contribution in [0.3, 0.4) is 0 Å². The maximum absolute atomic E-state index is 5.88. The predicted octanol–water partition coefficient (Wildman–Crippen LogP) is 3.73. The fourth-order valence-electron chi connectivity index (χ4n) is 1.07. The molecule has 0 N–H and O–H groups in total. The van der Waals surface area contributed by atoms with Crippen molar-refractivity contribution in [3.63, 3.8) is 0 Å². The zero-order chi connectivity index (χ0) is 11.5. The van der Waals surface area contributed by atoms with Crippen molar-refractivity contribution >= 4 is 60.1 Å². The van der Waals surface area contributed by atoms with Gasteiger partial charge in [0, 0.05) is 19.1 Å². The highest BCUT2D eigenvalue weighted by Crippen LogP contribution is 2.19. The standard InChI is InChI=1S/C10H10ClN3S2.BrH/c1-14(2)10-13-9(15-16-10)12-8-5-3-4-7(11)6-8;/h3-6H,1-2H3;1H. The molecule has 0 aliphatic carbocycles. The van der Waals surface area contributed by atoms with Gasteiger partial charge in [-0.2, -0.15) is 4.98 Å². The Bertz CT molecular complexity index is 550. The van der Waals surface area contributed by atoms with E-state index < -0.39 is 0 Å². The van der Waals surface area contributed by atoms with Crippen LogP contribution in [-0.4, -0.2) is 19.1 Å². The summed E-state index contributed by atoms with van der Waals surface area (Å²) >= 11 is 5.88. The Hall–Kier alpha value is -0.430. The van der Waals surface area contributed by atoms with E-state index in [0.29, 0.717) is 5.02 Å². The van der Waals surface area contributed by atoms with Gasteiger partial charge < -0.3 is 4.90 Å². The molecule has 1 aromatic heterocycles. The predicted molar refractivity (Wildman–Crippen MR) is 81.3 cm³/mol. The molecule has 2 rings (SSSR count). The van der Waals surface area contributed by atoms with Crippen molar-refractivity contribution in [2.24, 2.45) is 4.99 Å². The minimum Gasteiger partial charge on any atom is -0.353 e. The summed E-state index contributed by atoms with van der Waals surface area (Å²) in [7, 11) is 7.10. The molecule has 0 aliphatic heterocycles. The number of hydrogen-bond donors (Lipinski definition) is 0. The van der Waals surface area contributed by atoms with Gasteiger partial charge >= 0.3 is 0 Å². The molecule has 1 heterocycles. The molecule has 2 aromatic rings. The van der Waals surface area contributed by atoms with Gasteiger partial charge in [0.2, 0.25) is 4.80 Å². The van der Waals surface area contributed by atoms with Gasteiger partial charge in [0.15, 0.2) is 5.13 Å². The molecule has 7 heteroatoms. The number of aromatic nitrogens is 1. The Morgan fingerprint density at radius 3 is 2.65 bits per heavy atom. The normalized spacial score (nSPS) is 11.1. The lowest BCUT2D eigenvalue weighted by Gasteiger charge is -2.03. The molecule has 1 aromatic carbocycles. The molecule has 0 bridgehead atoms. The van der Waals surface area contributed by atoms with Crippen molar-refractivity contribution in [3.05, 3.63) is 34.1 Å². The van der Waals surface area contributed by atoms with Crippen LogP contribution in [0, 0.1) is 0 Å². The van der Waals surface area contributed by atoms with Crippen LogP contribution >= 0.6 is 49.3 Å². The third kappa shape index (κ3) is 4.06. The number of nitrogens with zero attached hydrogens (tertiary/aromatic N) is 3. The van der Waals surface area contributed by atoms with Crippen LogP contribution in [0.5, 0.6) is 0 Å². The topological polar surface area (TPSA) is 28.5 Å². The SMILES string of the molecule is Br.CN(C)c1nc(=Nc2cccc(Cl)c2)ss1. The van der Waals surface area contributed by atoms with E-state index in [2.05, 4.69) is 9.98 Å². The van der Waals surface area contributed by atoms with Gasteiger partial charge in [-0.15, -0.1) is 17.0 Å². The lowest BCUT2D eigenvalue weighted by Crippen LogP contribution is -2.10. The molecule has 0 spiro atoms. The Kier molecular flexibility index (Phi) is 5.58. The van der Waals surface area contributed by atoms with Crippen LogP contribution in [0.15, 0.2) is 29.3 Å². The minimum atomic E-state index is 0.